The highest BCUT2D eigenvalue weighted by molar-refractivity contribution is 6.34. The van der Waals surface area contributed by atoms with Gasteiger partial charge in [-0.1, -0.05) is 23.2 Å². The first-order valence-corrected chi connectivity index (χ1v) is 11.4. The molecule has 9 heteroatoms. The lowest BCUT2D eigenvalue weighted by Crippen LogP contribution is -2.60. The average Bonchev–Trinajstić information content (AvgIpc) is 2.71. The summed E-state index contributed by atoms with van der Waals surface area (Å²) in [5.41, 5.74) is 0.849. The zero-order chi connectivity index (χ0) is 24.3. The summed E-state index contributed by atoms with van der Waals surface area (Å²) in [6.07, 6.45) is -0.469. The summed E-state index contributed by atoms with van der Waals surface area (Å²) in [5, 5.41) is 0.972. The molecule has 1 unspecified atom stereocenters. The molecule has 1 fully saturated rings. The lowest BCUT2D eigenvalue weighted by Gasteiger charge is -2.43. The van der Waals surface area contributed by atoms with E-state index < -0.39 is 17.7 Å². The highest BCUT2D eigenvalue weighted by Gasteiger charge is 2.37. The topological polar surface area (TPSA) is 53.1 Å². The summed E-state index contributed by atoms with van der Waals surface area (Å²) in [6.45, 7) is 6.61. The summed E-state index contributed by atoms with van der Waals surface area (Å²) in [6, 6.07) is 10.4. The average molecular weight is 496 g/mol. The highest BCUT2D eigenvalue weighted by atomic mass is 35.5. The van der Waals surface area contributed by atoms with Crippen LogP contribution in [0.4, 0.5) is 14.9 Å². The summed E-state index contributed by atoms with van der Waals surface area (Å²) < 4.78 is 19.0. The molecule has 1 atom stereocenters. The Bertz CT molecular complexity index is 991. The minimum atomic E-state index is -0.670. The molecule has 6 nitrogen and oxygen atoms in total. The Kier molecular flexibility index (Phi) is 7.75. The molecule has 0 radical (unpaired) electrons. The van der Waals surface area contributed by atoms with Gasteiger partial charge in [0.2, 0.25) is 5.91 Å². The van der Waals surface area contributed by atoms with E-state index in [2.05, 4.69) is 0 Å². The number of carbonyl (C=O) groups is 2. The molecule has 2 amide bonds. The Morgan fingerprint density at radius 3 is 2.27 bits per heavy atom. The zero-order valence-electron chi connectivity index (χ0n) is 19.1. The van der Waals surface area contributed by atoms with E-state index in [0.29, 0.717) is 35.4 Å². The lowest BCUT2D eigenvalue weighted by molar-refractivity contribution is -0.132. The molecule has 2 aromatic rings. The number of hydrogen-bond donors (Lipinski definition) is 0. The second-order valence-electron chi connectivity index (χ2n) is 9.08. The van der Waals surface area contributed by atoms with Crippen LogP contribution in [0.25, 0.3) is 0 Å². The summed E-state index contributed by atoms with van der Waals surface area (Å²) in [7, 11) is 1.69. The number of carbonyl (C=O) groups excluding carboxylic acids is 2. The van der Waals surface area contributed by atoms with Crippen molar-refractivity contribution in [1.82, 2.24) is 9.80 Å². The maximum atomic E-state index is 13.5. The first kappa shape index (κ1) is 25.1. The van der Waals surface area contributed by atoms with Gasteiger partial charge in [-0.3, -0.25) is 4.79 Å². The van der Waals surface area contributed by atoms with Gasteiger partial charge in [0.1, 0.15) is 17.5 Å². The number of halogens is 3. The van der Waals surface area contributed by atoms with Gasteiger partial charge >= 0.3 is 6.09 Å². The predicted octanol–water partition coefficient (Wildman–Crippen LogP) is 5.22. The van der Waals surface area contributed by atoms with Crippen molar-refractivity contribution in [3.8, 4) is 0 Å². The number of anilines is 1. The Morgan fingerprint density at radius 2 is 1.70 bits per heavy atom. The van der Waals surface area contributed by atoms with Crippen LogP contribution in [0.3, 0.4) is 0 Å². The normalized spacial score (nSPS) is 16.5. The fourth-order valence-electron chi connectivity index (χ4n) is 3.74. The second kappa shape index (κ2) is 10.2. The van der Waals surface area contributed by atoms with E-state index in [1.54, 1.807) is 63.1 Å². The van der Waals surface area contributed by atoms with Crippen LogP contribution in [0.1, 0.15) is 26.3 Å². The van der Waals surface area contributed by atoms with Crippen LogP contribution < -0.4 is 4.90 Å². The largest absolute Gasteiger partial charge is 0.444 e. The van der Waals surface area contributed by atoms with Crippen LogP contribution in [-0.2, 0) is 16.1 Å². The summed E-state index contributed by atoms with van der Waals surface area (Å²) in [5.74, 6) is -0.548. The standard InChI is InChI=1S/C24H28Cl2FN3O3/c1-24(2,3)33-23(32)29-9-10-30(20-7-5-19(27)6-8-20)21(15-29)22(31)28(4)14-16-11-17(25)13-18(26)12-16/h5-8,11-13,21H,9-10,14-15H2,1-4H3. The minimum Gasteiger partial charge on any atom is -0.444 e. The number of piperazine rings is 1. The SMILES string of the molecule is CN(Cc1cc(Cl)cc(Cl)c1)C(=O)C1CN(C(=O)OC(C)(C)C)CCN1c1ccc(F)cc1. The third-order valence-corrected chi connectivity index (χ3v) is 5.63. The van der Waals surface area contributed by atoms with E-state index in [0.717, 1.165) is 5.56 Å². The number of hydrogen-bond acceptors (Lipinski definition) is 4. The molecule has 0 spiro atoms. The molecule has 1 saturated heterocycles. The molecule has 1 aliphatic rings. The van der Waals surface area contributed by atoms with E-state index in [1.807, 2.05) is 4.90 Å². The van der Waals surface area contributed by atoms with Gasteiger partial charge in [-0.25, -0.2) is 9.18 Å². The summed E-state index contributed by atoms with van der Waals surface area (Å²) in [4.78, 5) is 31.2. The Hall–Kier alpha value is -2.51. The number of rotatable bonds is 4. The predicted molar refractivity (Wildman–Crippen MR) is 128 cm³/mol. The third-order valence-electron chi connectivity index (χ3n) is 5.19. The molecule has 0 aliphatic carbocycles. The highest BCUT2D eigenvalue weighted by Crippen LogP contribution is 2.25. The van der Waals surface area contributed by atoms with Crippen LogP contribution in [-0.4, -0.2) is 60.1 Å². The van der Waals surface area contributed by atoms with Crippen LogP contribution in [0.5, 0.6) is 0 Å². The van der Waals surface area contributed by atoms with Crippen LogP contribution >= 0.6 is 23.2 Å². The van der Waals surface area contributed by atoms with E-state index in [-0.39, 0.29) is 18.3 Å². The van der Waals surface area contributed by atoms with Crippen molar-refractivity contribution in [2.75, 3.05) is 31.6 Å². The maximum absolute atomic E-state index is 13.5. The van der Waals surface area contributed by atoms with E-state index in [9.17, 15) is 14.0 Å². The van der Waals surface area contributed by atoms with Gasteiger partial charge in [0.25, 0.3) is 0 Å². The lowest BCUT2D eigenvalue weighted by atomic mass is 10.1. The Labute approximate surface area is 203 Å². The van der Waals surface area contributed by atoms with Gasteiger partial charge in [0.15, 0.2) is 0 Å². The molecule has 1 heterocycles. The van der Waals surface area contributed by atoms with Crippen molar-refractivity contribution in [3.05, 3.63) is 63.9 Å². The smallest absolute Gasteiger partial charge is 0.410 e. The first-order chi connectivity index (χ1) is 15.4. The van der Waals surface area contributed by atoms with Gasteiger partial charge in [0.05, 0.1) is 6.54 Å². The second-order valence-corrected chi connectivity index (χ2v) is 9.96. The molecule has 178 valence electrons. The van der Waals surface area contributed by atoms with Gasteiger partial charge in [-0.05, 0) is 68.8 Å². The van der Waals surface area contributed by atoms with Crippen molar-refractivity contribution in [3.63, 3.8) is 0 Å². The number of benzene rings is 2. The fourth-order valence-corrected chi connectivity index (χ4v) is 4.31. The van der Waals surface area contributed by atoms with Crippen LogP contribution in [0.15, 0.2) is 42.5 Å². The van der Waals surface area contributed by atoms with Crippen molar-refractivity contribution < 1.29 is 18.7 Å². The van der Waals surface area contributed by atoms with Crippen LogP contribution in [0, 0.1) is 5.82 Å². The molecule has 3 rings (SSSR count). The van der Waals surface area contributed by atoms with Gasteiger partial charge in [-0.15, -0.1) is 0 Å². The number of ether oxygens (including phenoxy) is 1. The molecule has 33 heavy (non-hydrogen) atoms. The van der Waals surface area contributed by atoms with Crippen LogP contribution in [0.2, 0.25) is 10.0 Å². The summed E-state index contributed by atoms with van der Waals surface area (Å²) >= 11 is 12.2. The van der Waals surface area contributed by atoms with Crippen molar-refractivity contribution in [2.24, 2.45) is 0 Å². The van der Waals surface area contributed by atoms with E-state index >= 15 is 0 Å². The molecule has 0 saturated carbocycles. The molecular weight excluding hydrogens is 468 g/mol. The number of amides is 2. The maximum Gasteiger partial charge on any atom is 0.410 e. The molecular formula is C24H28Cl2FN3O3. The van der Waals surface area contributed by atoms with Crippen molar-refractivity contribution in [2.45, 2.75) is 39.0 Å². The quantitative estimate of drug-likeness (QED) is 0.583. The monoisotopic (exact) mass is 495 g/mol. The Balaban J connectivity index is 1.84. The third kappa shape index (κ3) is 6.74. The molecule has 1 aliphatic heterocycles. The van der Waals surface area contributed by atoms with Crippen molar-refractivity contribution >= 4 is 40.9 Å². The molecule has 0 bridgehead atoms. The van der Waals surface area contributed by atoms with E-state index in [4.69, 9.17) is 27.9 Å². The van der Waals surface area contributed by atoms with E-state index in [1.165, 1.54) is 17.0 Å². The molecule has 0 aromatic heterocycles. The first-order valence-electron chi connectivity index (χ1n) is 10.6. The van der Waals surface area contributed by atoms with Gasteiger partial charge in [-0.2, -0.15) is 0 Å². The number of likely N-dealkylation sites (N-methyl/N-ethyl adjacent to an activating group) is 1. The Morgan fingerprint density at radius 1 is 1.09 bits per heavy atom. The fraction of sp³-hybridized carbons (Fsp3) is 0.417. The molecule has 0 N–H and O–H groups in total. The molecule has 2 aromatic carbocycles. The van der Waals surface area contributed by atoms with Gasteiger partial charge < -0.3 is 19.4 Å². The van der Waals surface area contributed by atoms with Gasteiger partial charge in [0, 0.05) is 42.4 Å². The zero-order valence-corrected chi connectivity index (χ0v) is 20.7. The number of nitrogens with zero attached hydrogens (tertiary/aromatic N) is 3. The van der Waals surface area contributed by atoms with Crippen molar-refractivity contribution in [1.29, 1.82) is 0 Å². The minimum absolute atomic E-state index is 0.145.